The zero-order valence-corrected chi connectivity index (χ0v) is 10.3. The van der Waals surface area contributed by atoms with Crippen molar-refractivity contribution in [3.63, 3.8) is 0 Å². The van der Waals surface area contributed by atoms with Crippen molar-refractivity contribution in [2.75, 3.05) is 0 Å². The fourth-order valence-corrected chi connectivity index (χ4v) is 1.85. The van der Waals surface area contributed by atoms with Gasteiger partial charge in [0.25, 0.3) is 0 Å². The predicted molar refractivity (Wildman–Crippen MR) is 67.8 cm³/mol. The molecule has 1 aromatic heterocycles. The first-order valence-electron chi connectivity index (χ1n) is 5.80. The van der Waals surface area contributed by atoms with Crippen LogP contribution in [-0.2, 0) is 13.0 Å². The summed E-state index contributed by atoms with van der Waals surface area (Å²) in [5, 5.41) is 14.0. The molecule has 0 radical (unpaired) electrons. The van der Waals surface area contributed by atoms with Crippen LogP contribution >= 0.6 is 0 Å². The highest BCUT2D eigenvalue weighted by molar-refractivity contribution is 5.16. The quantitative estimate of drug-likeness (QED) is 0.874. The largest absolute Gasteiger partial charge is 0.390 e. The summed E-state index contributed by atoms with van der Waals surface area (Å²) >= 11 is 0. The van der Waals surface area contributed by atoms with Gasteiger partial charge in [0.1, 0.15) is 0 Å². The Hall–Kier alpha value is -1.61. The molecular formula is C14H18N2O. The molecule has 0 spiro atoms. The molecule has 3 nitrogen and oxygen atoms in total. The van der Waals surface area contributed by atoms with E-state index in [-0.39, 0.29) is 0 Å². The Morgan fingerprint density at radius 1 is 1.18 bits per heavy atom. The Labute approximate surface area is 102 Å². The lowest BCUT2D eigenvalue weighted by atomic mass is 10.0. The monoisotopic (exact) mass is 230 g/mol. The Bertz CT molecular complexity index is 468. The summed E-state index contributed by atoms with van der Waals surface area (Å²) in [5.74, 6) is 0. The first kappa shape index (κ1) is 11.9. The van der Waals surface area contributed by atoms with E-state index in [0.717, 1.165) is 12.1 Å². The fraction of sp³-hybridized carbons (Fsp3) is 0.357. The highest BCUT2D eigenvalue weighted by atomic mass is 16.3. The topological polar surface area (TPSA) is 38.1 Å². The number of nitrogens with zero attached hydrogens (tertiary/aromatic N) is 2. The summed E-state index contributed by atoms with van der Waals surface area (Å²) in [6.07, 6.45) is 4.44. The number of hydrogen-bond donors (Lipinski definition) is 1. The number of hydrogen-bond acceptors (Lipinski definition) is 2. The van der Waals surface area contributed by atoms with Gasteiger partial charge in [0.15, 0.2) is 0 Å². The molecule has 0 saturated carbocycles. The van der Waals surface area contributed by atoms with Crippen LogP contribution in [0.3, 0.4) is 0 Å². The number of benzene rings is 1. The Kier molecular flexibility index (Phi) is 3.29. The molecule has 0 unspecified atom stereocenters. The standard InChI is InChI=1S/C14H18N2O/c1-14(2,17)8-13-9-15-16(11-13)10-12-6-4-3-5-7-12/h3-7,9,11,17H,8,10H2,1-2H3. The second-order valence-electron chi connectivity index (χ2n) is 5.02. The number of rotatable bonds is 4. The first-order valence-corrected chi connectivity index (χ1v) is 5.80. The molecule has 0 fully saturated rings. The molecular weight excluding hydrogens is 212 g/mol. The zero-order valence-electron chi connectivity index (χ0n) is 10.3. The number of aliphatic hydroxyl groups is 1. The zero-order chi connectivity index (χ0) is 12.3. The van der Waals surface area contributed by atoms with Crippen LogP contribution in [0.2, 0.25) is 0 Å². The summed E-state index contributed by atoms with van der Waals surface area (Å²) in [7, 11) is 0. The van der Waals surface area contributed by atoms with Gasteiger partial charge in [-0.3, -0.25) is 4.68 Å². The van der Waals surface area contributed by atoms with Gasteiger partial charge in [-0.15, -0.1) is 0 Å². The van der Waals surface area contributed by atoms with E-state index >= 15 is 0 Å². The van der Waals surface area contributed by atoms with Crippen LogP contribution in [0.5, 0.6) is 0 Å². The summed E-state index contributed by atoms with van der Waals surface area (Å²) in [6.45, 7) is 4.38. The SMILES string of the molecule is CC(C)(O)Cc1cnn(Cc2ccccc2)c1. The minimum absolute atomic E-state index is 0.627. The molecule has 2 aromatic rings. The van der Waals surface area contributed by atoms with E-state index in [9.17, 15) is 5.11 Å². The fourth-order valence-electron chi connectivity index (χ4n) is 1.85. The third kappa shape index (κ3) is 3.71. The van der Waals surface area contributed by atoms with Crippen LogP contribution in [0, 0.1) is 0 Å². The molecule has 1 heterocycles. The van der Waals surface area contributed by atoms with Gasteiger partial charge in [0.05, 0.1) is 18.3 Å². The summed E-state index contributed by atoms with van der Waals surface area (Å²) < 4.78 is 1.90. The van der Waals surface area contributed by atoms with Crippen LogP contribution in [-0.4, -0.2) is 20.5 Å². The van der Waals surface area contributed by atoms with Gasteiger partial charge in [0.2, 0.25) is 0 Å². The van der Waals surface area contributed by atoms with Gasteiger partial charge in [0, 0.05) is 12.6 Å². The third-order valence-electron chi connectivity index (χ3n) is 2.51. The maximum absolute atomic E-state index is 9.73. The van der Waals surface area contributed by atoms with Crippen LogP contribution in [0.15, 0.2) is 42.7 Å². The Morgan fingerprint density at radius 2 is 1.88 bits per heavy atom. The first-order chi connectivity index (χ1) is 8.03. The maximum atomic E-state index is 9.73. The molecule has 1 N–H and O–H groups in total. The minimum atomic E-state index is -0.680. The lowest BCUT2D eigenvalue weighted by Gasteiger charge is -2.14. The highest BCUT2D eigenvalue weighted by Crippen LogP contribution is 2.12. The van der Waals surface area contributed by atoms with Crippen molar-refractivity contribution < 1.29 is 5.11 Å². The summed E-state index contributed by atoms with van der Waals surface area (Å²) in [5.41, 5.74) is 1.61. The van der Waals surface area contributed by atoms with E-state index < -0.39 is 5.60 Å². The van der Waals surface area contributed by atoms with Gasteiger partial charge in [-0.2, -0.15) is 5.10 Å². The van der Waals surface area contributed by atoms with Crippen LogP contribution in [0.25, 0.3) is 0 Å². The smallest absolute Gasteiger partial charge is 0.0659 e. The van der Waals surface area contributed by atoms with Crippen molar-refractivity contribution >= 4 is 0 Å². The Balaban J connectivity index is 2.04. The van der Waals surface area contributed by atoms with Crippen molar-refractivity contribution in [3.05, 3.63) is 53.9 Å². The van der Waals surface area contributed by atoms with Crippen molar-refractivity contribution in [2.24, 2.45) is 0 Å². The predicted octanol–water partition coefficient (Wildman–Crippen LogP) is 2.24. The average Bonchev–Trinajstić information content (AvgIpc) is 2.64. The average molecular weight is 230 g/mol. The molecule has 0 amide bonds. The van der Waals surface area contributed by atoms with Crippen LogP contribution < -0.4 is 0 Å². The second kappa shape index (κ2) is 4.72. The molecule has 0 aliphatic rings. The van der Waals surface area contributed by atoms with Gasteiger partial charge < -0.3 is 5.11 Å². The second-order valence-corrected chi connectivity index (χ2v) is 5.02. The van der Waals surface area contributed by atoms with E-state index in [0.29, 0.717) is 6.42 Å². The van der Waals surface area contributed by atoms with Crippen molar-refractivity contribution in [1.82, 2.24) is 9.78 Å². The summed E-state index contributed by atoms with van der Waals surface area (Å²) in [4.78, 5) is 0. The molecule has 0 aliphatic heterocycles. The molecule has 0 bridgehead atoms. The van der Waals surface area contributed by atoms with E-state index in [1.54, 1.807) is 0 Å². The lowest BCUT2D eigenvalue weighted by molar-refractivity contribution is 0.0810. The van der Waals surface area contributed by atoms with Crippen LogP contribution in [0.4, 0.5) is 0 Å². The molecule has 90 valence electrons. The number of aromatic nitrogens is 2. The van der Waals surface area contributed by atoms with E-state index in [1.165, 1.54) is 5.56 Å². The maximum Gasteiger partial charge on any atom is 0.0659 e. The molecule has 3 heteroatoms. The molecule has 1 aromatic carbocycles. The van der Waals surface area contributed by atoms with E-state index in [2.05, 4.69) is 17.2 Å². The van der Waals surface area contributed by atoms with E-state index in [1.807, 2.05) is 49.1 Å². The lowest BCUT2D eigenvalue weighted by Crippen LogP contribution is -2.21. The minimum Gasteiger partial charge on any atom is -0.390 e. The molecule has 0 aliphatic carbocycles. The van der Waals surface area contributed by atoms with Gasteiger partial charge >= 0.3 is 0 Å². The summed E-state index contributed by atoms with van der Waals surface area (Å²) in [6, 6.07) is 10.2. The van der Waals surface area contributed by atoms with E-state index in [4.69, 9.17) is 0 Å². The van der Waals surface area contributed by atoms with Crippen molar-refractivity contribution in [2.45, 2.75) is 32.4 Å². The Morgan fingerprint density at radius 3 is 2.53 bits per heavy atom. The van der Waals surface area contributed by atoms with Gasteiger partial charge in [-0.25, -0.2) is 0 Å². The molecule has 17 heavy (non-hydrogen) atoms. The van der Waals surface area contributed by atoms with Crippen molar-refractivity contribution in [1.29, 1.82) is 0 Å². The van der Waals surface area contributed by atoms with Gasteiger partial charge in [-0.1, -0.05) is 30.3 Å². The highest BCUT2D eigenvalue weighted by Gasteiger charge is 2.14. The molecule has 0 atom stereocenters. The molecule has 2 rings (SSSR count). The van der Waals surface area contributed by atoms with Crippen molar-refractivity contribution in [3.8, 4) is 0 Å². The normalized spacial score (nSPS) is 11.7. The third-order valence-corrected chi connectivity index (χ3v) is 2.51. The molecule has 0 saturated heterocycles. The van der Waals surface area contributed by atoms with Gasteiger partial charge in [-0.05, 0) is 25.0 Å². The van der Waals surface area contributed by atoms with Crippen LogP contribution in [0.1, 0.15) is 25.0 Å².